The molecule has 3 heteroatoms. The summed E-state index contributed by atoms with van der Waals surface area (Å²) in [7, 11) is 0. The van der Waals surface area contributed by atoms with Crippen LogP contribution in [0.25, 0.3) is 0 Å². The lowest BCUT2D eigenvalue weighted by atomic mass is 9.96. The molecule has 3 nitrogen and oxygen atoms in total. The topological polar surface area (TPSA) is 38.3 Å². The van der Waals surface area contributed by atoms with Crippen LogP contribution in [-0.2, 0) is 4.79 Å². The van der Waals surface area contributed by atoms with Gasteiger partial charge in [-0.15, -0.1) is 0 Å². The summed E-state index contributed by atoms with van der Waals surface area (Å²) in [5, 5.41) is 2.89. The molecule has 0 atom stereocenters. The largest absolute Gasteiger partial charge is 0.494 e. The molecule has 0 aliphatic rings. The molecule has 0 fully saturated rings. The Morgan fingerprint density at radius 1 is 1.24 bits per heavy atom. The summed E-state index contributed by atoms with van der Waals surface area (Å²) in [6.45, 7) is 6.99. The molecule has 1 aromatic carbocycles. The van der Waals surface area contributed by atoms with E-state index in [2.05, 4.69) is 5.32 Å². The maximum atomic E-state index is 11.5. The van der Waals surface area contributed by atoms with Gasteiger partial charge in [-0.2, -0.15) is 0 Å². The summed E-state index contributed by atoms with van der Waals surface area (Å²) in [5.41, 5.74) is -0.319. The molecule has 0 saturated carbocycles. The van der Waals surface area contributed by atoms with Crippen LogP contribution < -0.4 is 10.1 Å². The van der Waals surface area contributed by atoms with Gasteiger partial charge in [0.25, 0.3) is 0 Å². The zero-order valence-corrected chi connectivity index (χ0v) is 10.8. The van der Waals surface area contributed by atoms with E-state index < -0.39 is 0 Å². The van der Waals surface area contributed by atoms with Gasteiger partial charge in [-0.3, -0.25) is 4.79 Å². The van der Waals surface area contributed by atoms with E-state index in [1.165, 1.54) is 0 Å². The molecule has 0 heterocycles. The number of hydrogen-bond acceptors (Lipinski definition) is 2. The van der Waals surface area contributed by atoms with Crippen LogP contribution >= 0.6 is 0 Å². The highest BCUT2D eigenvalue weighted by atomic mass is 16.5. The van der Waals surface area contributed by atoms with Gasteiger partial charge in [0.1, 0.15) is 5.75 Å². The number of carbonyl (C=O) groups excluding carboxylic acids is 1. The molecule has 0 saturated heterocycles. The van der Waals surface area contributed by atoms with Gasteiger partial charge in [0.05, 0.1) is 6.61 Å². The van der Waals surface area contributed by atoms with Crippen molar-refractivity contribution < 1.29 is 9.53 Å². The second-order valence-electron chi connectivity index (χ2n) is 5.02. The Morgan fingerprint density at radius 2 is 1.88 bits per heavy atom. The SMILES string of the molecule is CC(C)(C)C(=O)NCCCOc1ccccc1. The van der Waals surface area contributed by atoms with Gasteiger partial charge in [-0.25, -0.2) is 0 Å². The molecule has 94 valence electrons. The number of amides is 1. The van der Waals surface area contributed by atoms with Crippen LogP contribution in [0, 0.1) is 5.41 Å². The molecule has 1 rings (SSSR count). The van der Waals surface area contributed by atoms with Crippen molar-refractivity contribution in [2.75, 3.05) is 13.2 Å². The predicted molar refractivity (Wildman–Crippen MR) is 69.0 cm³/mol. The number of hydrogen-bond donors (Lipinski definition) is 1. The highest BCUT2D eigenvalue weighted by molar-refractivity contribution is 5.81. The third-order valence-corrected chi connectivity index (χ3v) is 2.30. The minimum absolute atomic E-state index is 0.0808. The molecular weight excluding hydrogens is 214 g/mol. The molecule has 0 aliphatic carbocycles. The molecule has 0 aromatic heterocycles. The van der Waals surface area contributed by atoms with Crippen molar-refractivity contribution in [2.24, 2.45) is 5.41 Å². The maximum Gasteiger partial charge on any atom is 0.225 e. The van der Waals surface area contributed by atoms with Crippen molar-refractivity contribution >= 4 is 5.91 Å². The Kier molecular flexibility index (Phi) is 5.01. The van der Waals surface area contributed by atoms with Crippen molar-refractivity contribution in [3.63, 3.8) is 0 Å². The van der Waals surface area contributed by atoms with E-state index in [-0.39, 0.29) is 11.3 Å². The van der Waals surface area contributed by atoms with Crippen LogP contribution in [0.5, 0.6) is 5.75 Å². The Morgan fingerprint density at radius 3 is 2.47 bits per heavy atom. The second-order valence-corrected chi connectivity index (χ2v) is 5.02. The second kappa shape index (κ2) is 6.28. The zero-order chi connectivity index (χ0) is 12.7. The van der Waals surface area contributed by atoms with E-state index in [1.807, 2.05) is 51.1 Å². The monoisotopic (exact) mass is 235 g/mol. The number of ether oxygens (including phenoxy) is 1. The quantitative estimate of drug-likeness (QED) is 0.797. The van der Waals surface area contributed by atoms with Crippen molar-refractivity contribution in [2.45, 2.75) is 27.2 Å². The van der Waals surface area contributed by atoms with Crippen molar-refractivity contribution in [1.82, 2.24) is 5.32 Å². The highest BCUT2D eigenvalue weighted by Gasteiger charge is 2.19. The smallest absolute Gasteiger partial charge is 0.225 e. The van der Waals surface area contributed by atoms with E-state index in [0.29, 0.717) is 13.2 Å². The van der Waals surface area contributed by atoms with Gasteiger partial charge in [0.15, 0.2) is 0 Å². The fraction of sp³-hybridized carbons (Fsp3) is 0.500. The van der Waals surface area contributed by atoms with Gasteiger partial charge in [0.2, 0.25) is 5.91 Å². The third kappa shape index (κ3) is 5.38. The normalized spacial score (nSPS) is 11.0. The Labute approximate surface area is 103 Å². The molecule has 0 radical (unpaired) electrons. The maximum absolute atomic E-state index is 11.5. The lowest BCUT2D eigenvalue weighted by Gasteiger charge is -2.17. The van der Waals surface area contributed by atoms with Crippen LogP contribution in [0.15, 0.2) is 30.3 Å². The number of benzene rings is 1. The first-order valence-corrected chi connectivity index (χ1v) is 5.96. The summed E-state index contributed by atoms with van der Waals surface area (Å²) >= 11 is 0. The lowest BCUT2D eigenvalue weighted by Crippen LogP contribution is -2.35. The minimum Gasteiger partial charge on any atom is -0.494 e. The fourth-order valence-corrected chi connectivity index (χ4v) is 1.25. The molecule has 1 amide bonds. The van der Waals surface area contributed by atoms with Crippen molar-refractivity contribution in [3.05, 3.63) is 30.3 Å². The van der Waals surface area contributed by atoms with Crippen molar-refractivity contribution in [3.8, 4) is 5.75 Å². The van der Waals surface area contributed by atoms with Crippen LogP contribution in [-0.4, -0.2) is 19.1 Å². The fourth-order valence-electron chi connectivity index (χ4n) is 1.25. The number of nitrogens with one attached hydrogen (secondary N) is 1. The first-order valence-electron chi connectivity index (χ1n) is 5.96. The summed E-state index contributed by atoms with van der Waals surface area (Å²) < 4.78 is 5.52. The van der Waals surface area contributed by atoms with Crippen LogP contribution in [0.3, 0.4) is 0 Å². The van der Waals surface area contributed by atoms with E-state index >= 15 is 0 Å². The van der Waals surface area contributed by atoms with Gasteiger partial charge in [-0.1, -0.05) is 39.0 Å². The standard InChI is InChI=1S/C14H21NO2/c1-14(2,3)13(16)15-10-7-11-17-12-8-5-4-6-9-12/h4-6,8-9H,7,10-11H2,1-3H3,(H,15,16). The molecular formula is C14H21NO2. The first-order chi connectivity index (χ1) is 8.00. The van der Waals surface area contributed by atoms with Crippen LogP contribution in [0.4, 0.5) is 0 Å². The average molecular weight is 235 g/mol. The number of carbonyl (C=O) groups is 1. The van der Waals surface area contributed by atoms with Gasteiger partial charge in [0, 0.05) is 12.0 Å². The van der Waals surface area contributed by atoms with Gasteiger partial charge < -0.3 is 10.1 Å². The van der Waals surface area contributed by atoms with Crippen molar-refractivity contribution in [1.29, 1.82) is 0 Å². The van der Waals surface area contributed by atoms with E-state index in [4.69, 9.17) is 4.74 Å². The van der Waals surface area contributed by atoms with E-state index in [0.717, 1.165) is 12.2 Å². The summed E-state index contributed by atoms with van der Waals surface area (Å²) in [5.74, 6) is 0.951. The van der Waals surface area contributed by atoms with Crippen LogP contribution in [0.1, 0.15) is 27.2 Å². The molecule has 1 N–H and O–H groups in total. The summed E-state index contributed by atoms with van der Waals surface area (Å²) in [4.78, 5) is 11.5. The zero-order valence-electron chi connectivity index (χ0n) is 10.8. The Hall–Kier alpha value is -1.51. The number of para-hydroxylation sites is 1. The van der Waals surface area contributed by atoms with Gasteiger partial charge in [-0.05, 0) is 18.6 Å². The first kappa shape index (κ1) is 13.6. The van der Waals surface area contributed by atoms with E-state index in [9.17, 15) is 4.79 Å². The lowest BCUT2D eigenvalue weighted by molar-refractivity contribution is -0.128. The summed E-state index contributed by atoms with van der Waals surface area (Å²) in [6.07, 6.45) is 0.816. The Balaban J connectivity index is 2.12. The minimum atomic E-state index is -0.319. The molecule has 0 bridgehead atoms. The summed E-state index contributed by atoms with van der Waals surface area (Å²) in [6, 6.07) is 9.69. The Bertz CT molecular complexity index is 341. The molecule has 17 heavy (non-hydrogen) atoms. The molecule has 0 unspecified atom stereocenters. The molecule has 0 aliphatic heterocycles. The molecule has 0 spiro atoms. The average Bonchev–Trinajstić information content (AvgIpc) is 2.28. The highest BCUT2D eigenvalue weighted by Crippen LogP contribution is 2.12. The van der Waals surface area contributed by atoms with Gasteiger partial charge >= 0.3 is 0 Å². The van der Waals surface area contributed by atoms with Crippen LogP contribution in [0.2, 0.25) is 0 Å². The number of rotatable bonds is 5. The predicted octanol–water partition coefficient (Wildman–Crippen LogP) is 2.62. The third-order valence-electron chi connectivity index (χ3n) is 2.30. The van der Waals surface area contributed by atoms with E-state index in [1.54, 1.807) is 0 Å². The molecule has 1 aromatic rings.